The van der Waals surface area contributed by atoms with Crippen molar-refractivity contribution < 1.29 is 9.59 Å². The quantitative estimate of drug-likeness (QED) is 0.208. The number of benzene rings is 2. The zero-order valence-corrected chi connectivity index (χ0v) is 23.5. The number of aromatic nitrogens is 3. The van der Waals surface area contributed by atoms with E-state index in [-0.39, 0.29) is 11.7 Å². The lowest BCUT2D eigenvalue weighted by Crippen LogP contribution is -2.56. The molecule has 1 fully saturated rings. The number of ketones is 1. The maximum Gasteiger partial charge on any atom is 0.240 e. The van der Waals surface area contributed by atoms with E-state index in [4.69, 9.17) is 0 Å². The molecule has 4 N–H and O–H groups in total. The Morgan fingerprint density at radius 1 is 0.950 bits per heavy atom. The molecule has 0 bridgehead atoms. The molecule has 2 heterocycles. The Morgan fingerprint density at radius 3 is 2.42 bits per heavy atom. The Hall–Kier alpha value is -4.04. The van der Waals surface area contributed by atoms with Gasteiger partial charge in [-0.05, 0) is 63.5 Å². The molecule has 0 spiro atoms. The fourth-order valence-electron chi connectivity index (χ4n) is 5.58. The van der Waals surface area contributed by atoms with Crippen LogP contribution in [-0.2, 0) is 11.3 Å². The third kappa shape index (κ3) is 6.23. The summed E-state index contributed by atoms with van der Waals surface area (Å²) in [6.07, 6.45) is 7.35. The number of carbonyl (C=O) groups excluding carboxylic acids is 2. The zero-order valence-electron chi connectivity index (χ0n) is 23.5. The summed E-state index contributed by atoms with van der Waals surface area (Å²) in [5, 5.41) is 10.9. The fourth-order valence-corrected chi connectivity index (χ4v) is 5.58. The number of nitrogens with one attached hydrogen (secondary N) is 4. The van der Waals surface area contributed by atoms with Gasteiger partial charge in [0.25, 0.3) is 0 Å². The normalized spacial score (nSPS) is 17.5. The van der Waals surface area contributed by atoms with Gasteiger partial charge in [-0.1, -0.05) is 54.6 Å². The minimum Gasteiger partial charge on any atom is -0.369 e. The molecule has 2 aromatic heterocycles. The number of hydrogen-bond acceptors (Lipinski definition) is 6. The number of anilines is 1. The lowest BCUT2D eigenvalue weighted by molar-refractivity contribution is -0.127. The third-order valence-electron chi connectivity index (χ3n) is 7.94. The summed E-state index contributed by atoms with van der Waals surface area (Å²) >= 11 is 0. The van der Waals surface area contributed by atoms with Crippen molar-refractivity contribution in [2.24, 2.45) is 5.92 Å². The zero-order chi connectivity index (χ0) is 28.1. The Kier molecular flexibility index (Phi) is 8.26. The molecular formula is C32H38N6O2. The lowest BCUT2D eigenvalue weighted by Gasteiger charge is -2.35. The molecular weight excluding hydrogens is 500 g/mol. The molecule has 8 heteroatoms. The molecule has 8 nitrogen and oxygen atoms in total. The predicted octanol–water partition coefficient (Wildman–Crippen LogP) is 5.15. The van der Waals surface area contributed by atoms with Crippen LogP contribution in [-0.4, -0.2) is 44.8 Å². The van der Waals surface area contributed by atoms with Crippen LogP contribution in [0.25, 0.3) is 11.0 Å². The van der Waals surface area contributed by atoms with E-state index in [0.717, 1.165) is 48.7 Å². The molecule has 0 atom stereocenters. The highest BCUT2D eigenvalue weighted by Gasteiger charge is 2.32. The number of hydrogen-bond donors (Lipinski definition) is 4. The Labute approximate surface area is 235 Å². The van der Waals surface area contributed by atoms with E-state index in [9.17, 15) is 9.59 Å². The predicted molar refractivity (Wildman–Crippen MR) is 158 cm³/mol. The molecule has 0 saturated heterocycles. The highest BCUT2D eigenvalue weighted by atomic mass is 16.2. The standard InChI is InChI=1S/C32H38N6O2/c1-21-9-7-8-12-25(21)28(39)26-19-34-30-27(26)29(36-20-37-30)33-17-23-13-15-24(16-14-23)38-32(2,3)31(40)35-18-22-10-5-4-6-11-22/h4-12,19-20,23-24,38H,13-18H2,1-3H3,(H,35,40)(H2,33,34,36,37). The molecule has 4 aromatic rings. The number of nitrogens with zero attached hydrogens (tertiary/aromatic N) is 2. The van der Waals surface area contributed by atoms with Crippen LogP contribution in [0, 0.1) is 12.8 Å². The monoisotopic (exact) mass is 538 g/mol. The average molecular weight is 539 g/mol. The Morgan fingerprint density at radius 2 is 1.68 bits per heavy atom. The van der Waals surface area contributed by atoms with Crippen LogP contribution in [0.15, 0.2) is 67.1 Å². The van der Waals surface area contributed by atoms with E-state index >= 15 is 0 Å². The number of fused-ring (bicyclic) bond motifs is 1. The second-order valence-corrected chi connectivity index (χ2v) is 11.3. The SMILES string of the molecule is Cc1ccccc1C(=O)c1c[nH]c2ncnc(NCC3CCC(NC(C)(C)C(=O)NCc4ccccc4)CC3)c12. The van der Waals surface area contributed by atoms with Crippen molar-refractivity contribution in [2.75, 3.05) is 11.9 Å². The van der Waals surface area contributed by atoms with Gasteiger partial charge in [0.15, 0.2) is 5.78 Å². The van der Waals surface area contributed by atoms with Crippen molar-refractivity contribution in [2.45, 2.75) is 64.6 Å². The van der Waals surface area contributed by atoms with Gasteiger partial charge in [0.05, 0.1) is 16.5 Å². The minimum absolute atomic E-state index is 0.00970. The summed E-state index contributed by atoms with van der Waals surface area (Å²) in [5.74, 6) is 1.13. The van der Waals surface area contributed by atoms with Crippen molar-refractivity contribution in [3.05, 3.63) is 89.4 Å². The van der Waals surface area contributed by atoms with Crippen molar-refractivity contribution in [3.63, 3.8) is 0 Å². The van der Waals surface area contributed by atoms with Crippen LogP contribution in [0.3, 0.4) is 0 Å². The molecule has 5 rings (SSSR count). The number of amides is 1. The van der Waals surface area contributed by atoms with E-state index in [1.165, 1.54) is 6.33 Å². The fraction of sp³-hybridized carbons (Fsp3) is 0.375. The molecule has 0 radical (unpaired) electrons. The first kappa shape index (κ1) is 27.5. The molecule has 208 valence electrons. The van der Waals surface area contributed by atoms with Gasteiger partial charge in [0, 0.05) is 30.9 Å². The van der Waals surface area contributed by atoms with Crippen LogP contribution in [0.2, 0.25) is 0 Å². The largest absolute Gasteiger partial charge is 0.369 e. The lowest BCUT2D eigenvalue weighted by atomic mass is 9.84. The van der Waals surface area contributed by atoms with Crippen LogP contribution in [0.1, 0.15) is 66.6 Å². The van der Waals surface area contributed by atoms with Crippen molar-refractivity contribution in [3.8, 4) is 0 Å². The number of aromatic amines is 1. The van der Waals surface area contributed by atoms with Gasteiger partial charge in [-0.2, -0.15) is 0 Å². The van der Waals surface area contributed by atoms with Gasteiger partial charge in [-0.3, -0.25) is 9.59 Å². The molecule has 1 saturated carbocycles. The maximum absolute atomic E-state index is 13.4. The summed E-state index contributed by atoms with van der Waals surface area (Å²) in [6.45, 7) is 7.14. The van der Waals surface area contributed by atoms with E-state index in [0.29, 0.717) is 41.1 Å². The smallest absolute Gasteiger partial charge is 0.240 e. The summed E-state index contributed by atoms with van der Waals surface area (Å²) in [5.41, 5.74) is 3.29. The van der Waals surface area contributed by atoms with Gasteiger partial charge >= 0.3 is 0 Å². The molecule has 2 aromatic carbocycles. The summed E-state index contributed by atoms with van der Waals surface area (Å²) in [6, 6.07) is 17.9. The van der Waals surface area contributed by atoms with Crippen molar-refractivity contribution >= 4 is 28.5 Å². The van der Waals surface area contributed by atoms with E-state index in [1.807, 2.05) is 75.4 Å². The van der Waals surface area contributed by atoms with Crippen molar-refractivity contribution in [1.82, 2.24) is 25.6 Å². The van der Waals surface area contributed by atoms with Crippen LogP contribution < -0.4 is 16.0 Å². The van der Waals surface area contributed by atoms with E-state index in [2.05, 4.69) is 30.9 Å². The number of aryl methyl sites for hydroxylation is 1. The first-order valence-corrected chi connectivity index (χ1v) is 14.1. The second-order valence-electron chi connectivity index (χ2n) is 11.3. The summed E-state index contributed by atoms with van der Waals surface area (Å²) in [4.78, 5) is 38.2. The molecule has 1 aliphatic carbocycles. The van der Waals surface area contributed by atoms with Crippen LogP contribution >= 0.6 is 0 Å². The first-order chi connectivity index (χ1) is 19.3. The number of rotatable bonds is 10. The Bertz CT molecular complexity index is 1470. The van der Waals surface area contributed by atoms with Crippen LogP contribution in [0.4, 0.5) is 5.82 Å². The number of H-pyrrole nitrogens is 1. The highest BCUT2D eigenvalue weighted by molar-refractivity contribution is 6.18. The van der Waals surface area contributed by atoms with E-state index in [1.54, 1.807) is 6.20 Å². The molecule has 1 amide bonds. The van der Waals surface area contributed by atoms with Crippen LogP contribution in [0.5, 0.6) is 0 Å². The van der Waals surface area contributed by atoms with Gasteiger partial charge in [0.1, 0.15) is 17.8 Å². The second kappa shape index (κ2) is 12.0. The number of carbonyl (C=O) groups is 2. The minimum atomic E-state index is -0.647. The van der Waals surface area contributed by atoms with E-state index < -0.39 is 5.54 Å². The molecule has 40 heavy (non-hydrogen) atoms. The first-order valence-electron chi connectivity index (χ1n) is 14.1. The maximum atomic E-state index is 13.4. The molecule has 1 aliphatic rings. The van der Waals surface area contributed by atoms with Crippen molar-refractivity contribution in [1.29, 1.82) is 0 Å². The van der Waals surface area contributed by atoms with Gasteiger partial charge < -0.3 is 20.9 Å². The van der Waals surface area contributed by atoms with Gasteiger partial charge in [-0.15, -0.1) is 0 Å². The summed E-state index contributed by atoms with van der Waals surface area (Å²) in [7, 11) is 0. The van der Waals surface area contributed by atoms with Gasteiger partial charge in [0.2, 0.25) is 5.91 Å². The average Bonchev–Trinajstić information content (AvgIpc) is 3.41. The molecule has 0 aliphatic heterocycles. The molecule has 0 unspecified atom stereocenters. The highest BCUT2D eigenvalue weighted by Crippen LogP contribution is 2.29. The van der Waals surface area contributed by atoms with Gasteiger partial charge in [-0.25, -0.2) is 9.97 Å². The Balaban J connectivity index is 1.16. The summed E-state index contributed by atoms with van der Waals surface area (Å²) < 4.78 is 0. The third-order valence-corrected chi connectivity index (χ3v) is 7.94. The topological polar surface area (TPSA) is 112 Å².